The van der Waals surface area contributed by atoms with Crippen LogP contribution in [0.25, 0.3) is 11.3 Å². The third-order valence-electron chi connectivity index (χ3n) is 5.19. The summed E-state index contributed by atoms with van der Waals surface area (Å²) in [5.74, 6) is 2.47. The van der Waals surface area contributed by atoms with Crippen molar-refractivity contribution in [2.24, 2.45) is 4.99 Å². The topological polar surface area (TPSA) is 78.8 Å². The first-order chi connectivity index (χ1) is 14.3. The Morgan fingerprint density at radius 1 is 1.14 bits per heavy atom. The quantitative estimate of drug-likeness (QED) is 0.473. The predicted octanol–water partition coefficient (Wildman–Crippen LogP) is 3.44. The number of aliphatic imine (C=N–C) groups is 1. The summed E-state index contributed by atoms with van der Waals surface area (Å²) in [7, 11) is 1.77. The normalized spacial score (nSPS) is 16.1. The van der Waals surface area contributed by atoms with Crippen molar-refractivity contribution in [2.75, 3.05) is 26.7 Å². The fraction of sp³-hybridized carbons (Fsp3) is 0.364. The Labute approximate surface area is 170 Å². The molecule has 2 N–H and O–H groups in total. The molecule has 7 nitrogen and oxygen atoms in total. The molecule has 1 aromatic carbocycles. The average molecular weight is 393 g/mol. The minimum Gasteiger partial charge on any atom is -0.468 e. The van der Waals surface area contributed by atoms with E-state index in [-0.39, 0.29) is 6.04 Å². The molecule has 0 spiro atoms. The minimum atomic E-state index is 0.197. The number of hydrogen-bond donors (Lipinski definition) is 2. The van der Waals surface area contributed by atoms with Gasteiger partial charge in [0.2, 0.25) is 0 Å². The maximum Gasteiger partial charge on any atom is 0.191 e. The molecule has 1 fully saturated rings. The number of benzene rings is 1. The van der Waals surface area contributed by atoms with Crippen molar-refractivity contribution in [2.45, 2.75) is 25.4 Å². The van der Waals surface area contributed by atoms with Crippen LogP contribution in [0.15, 0.2) is 68.7 Å². The number of hydrogen-bond acceptors (Lipinski definition) is 5. The molecule has 1 saturated heterocycles. The molecule has 3 aromatic rings. The molecule has 0 radical (unpaired) electrons. The second kappa shape index (κ2) is 9.43. The van der Waals surface area contributed by atoms with Crippen LogP contribution in [0.5, 0.6) is 0 Å². The fourth-order valence-electron chi connectivity index (χ4n) is 3.67. The van der Waals surface area contributed by atoms with Crippen LogP contribution in [0.3, 0.4) is 0 Å². The Hall–Kier alpha value is -3.06. The number of nitrogens with zero attached hydrogens (tertiary/aromatic N) is 3. The summed E-state index contributed by atoms with van der Waals surface area (Å²) < 4.78 is 11.1. The van der Waals surface area contributed by atoms with Gasteiger partial charge in [0.1, 0.15) is 11.5 Å². The monoisotopic (exact) mass is 393 g/mol. The predicted molar refractivity (Wildman–Crippen MR) is 112 cm³/mol. The van der Waals surface area contributed by atoms with E-state index < -0.39 is 0 Å². The van der Waals surface area contributed by atoms with Crippen molar-refractivity contribution < 1.29 is 8.94 Å². The Kier molecular flexibility index (Phi) is 6.26. The Balaban J connectivity index is 1.33. The van der Waals surface area contributed by atoms with Gasteiger partial charge in [0.25, 0.3) is 0 Å². The highest BCUT2D eigenvalue weighted by Crippen LogP contribution is 2.25. The van der Waals surface area contributed by atoms with E-state index in [4.69, 9.17) is 8.94 Å². The molecule has 1 atom stereocenters. The summed E-state index contributed by atoms with van der Waals surface area (Å²) in [6.45, 7) is 3.45. The van der Waals surface area contributed by atoms with E-state index in [9.17, 15) is 0 Å². The largest absolute Gasteiger partial charge is 0.468 e. The van der Waals surface area contributed by atoms with Crippen LogP contribution in [0.2, 0.25) is 0 Å². The maximum absolute atomic E-state index is 5.68. The zero-order chi connectivity index (χ0) is 19.9. The average Bonchev–Trinajstić information content (AvgIpc) is 3.54. The molecule has 152 valence electrons. The van der Waals surface area contributed by atoms with Crippen molar-refractivity contribution in [1.82, 2.24) is 20.7 Å². The number of aromatic nitrogens is 1. The van der Waals surface area contributed by atoms with E-state index in [2.05, 4.69) is 25.7 Å². The molecule has 29 heavy (non-hydrogen) atoms. The van der Waals surface area contributed by atoms with Crippen LogP contribution in [0.1, 0.15) is 30.3 Å². The van der Waals surface area contributed by atoms with E-state index in [0.717, 1.165) is 48.4 Å². The molecule has 0 saturated carbocycles. The first-order valence-electron chi connectivity index (χ1n) is 10.1. The van der Waals surface area contributed by atoms with Crippen molar-refractivity contribution in [3.63, 3.8) is 0 Å². The molecular formula is C22H27N5O2. The highest BCUT2D eigenvalue weighted by atomic mass is 16.5. The Bertz CT molecular complexity index is 898. The van der Waals surface area contributed by atoms with Crippen LogP contribution in [-0.4, -0.2) is 42.7 Å². The van der Waals surface area contributed by atoms with E-state index >= 15 is 0 Å². The van der Waals surface area contributed by atoms with Gasteiger partial charge in [-0.3, -0.25) is 9.89 Å². The number of rotatable bonds is 7. The highest BCUT2D eigenvalue weighted by molar-refractivity contribution is 5.79. The van der Waals surface area contributed by atoms with Gasteiger partial charge in [0.15, 0.2) is 11.7 Å². The highest BCUT2D eigenvalue weighted by Gasteiger charge is 2.25. The third-order valence-corrected chi connectivity index (χ3v) is 5.19. The second-order valence-corrected chi connectivity index (χ2v) is 7.13. The third kappa shape index (κ3) is 4.86. The lowest BCUT2D eigenvalue weighted by Crippen LogP contribution is -2.42. The van der Waals surface area contributed by atoms with Gasteiger partial charge in [-0.1, -0.05) is 35.5 Å². The van der Waals surface area contributed by atoms with E-state index in [1.807, 2.05) is 48.5 Å². The van der Waals surface area contributed by atoms with Crippen LogP contribution in [-0.2, 0) is 6.54 Å². The zero-order valence-electron chi connectivity index (χ0n) is 16.7. The second-order valence-electron chi connectivity index (χ2n) is 7.13. The van der Waals surface area contributed by atoms with Gasteiger partial charge in [-0.05, 0) is 38.1 Å². The van der Waals surface area contributed by atoms with Crippen LogP contribution >= 0.6 is 0 Å². The summed E-state index contributed by atoms with van der Waals surface area (Å²) >= 11 is 0. The molecule has 1 aliphatic rings. The van der Waals surface area contributed by atoms with Crippen molar-refractivity contribution >= 4 is 5.96 Å². The molecule has 1 unspecified atom stereocenters. The Morgan fingerprint density at radius 2 is 1.97 bits per heavy atom. The van der Waals surface area contributed by atoms with Crippen molar-refractivity contribution in [3.05, 3.63) is 66.2 Å². The lowest BCUT2D eigenvalue weighted by Gasteiger charge is -2.26. The SMILES string of the molecule is CN=C(NCc1cc(-c2ccccc2)on1)NCC(c1ccco1)N1CCCC1. The van der Waals surface area contributed by atoms with Crippen LogP contribution in [0, 0.1) is 0 Å². The minimum absolute atomic E-state index is 0.197. The van der Waals surface area contributed by atoms with E-state index in [0.29, 0.717) is 6.54 Å². The molecule has 7 heteroatoms. The maximum atomic E-state index is 5.68. The zero-order valence-corrected chi connectivity index (χ0v) is 16.7. The summed E-state index contributed by atoms with van der Waals surface area (Å²) in [4.78, 5) is 6.80. The number of nitrogens with one attached hydrogen (secondary N) is 2. The first-order valence-corrected chi connectivity index (χ1v) is 10.1. The molecule has 1 aliphatic heterocycles. The summed E-state index contributed by atoms with van der Waals surface area (Å²) in [6.07, 6.45) is 4.21. The van der Waals surface area contributed by atoms with Gasteiger partial charge in [-0.25, -0.2) is 0 Å². The smallest absolute Gasteiger partial charge is 0.191 e. The Morgan fingerprint density at radius 3 is 2.69 bits per heavy atom. The van der Waals surface area contributed by atoms with Crippen molar-refractivity contribution in [3.8, 4) is 11.3 Å². The van der Waals surface area contributed by atoms with Gasteiger partial charge < -0.3 is 19.6 Å². The first kappa shape index (κ1) is 19.3. The molecule has 0 bridgehead atoms. The lowest BCUT2D eigenvalue weighted by atomic mass is 10.2. The van der Waals surface area contributed by atoms with Crippen LogP contribution < -0.4 is 10.6 Å². The van der Waals surface area contributed by atoms with Gasteiger partial charge in [-0.2, -0.15) is 0 Å². The van der Waals surface area contributed by atoms with Gasteiger partial charge in [0.05, 0.1) is 18.8 Å². The summed E-state index contributed by atoms with van der Waals surface area (Å²) in [6, 6.07) is 16.1. The number of likely N-dealkylation sites (tertiary alicyclic amines) is 1. The van der Waals surface area contributed by atoms with Gasteiger partial charge in [0, 0.05) is 25.2 Å². The van der Waals surface area contributed by atoms with Gasteiger partial charge in [-0.15, -0.1) is 0 Å². The summed E-state index contributed by atoms with van der Waals surface area (Å²) in [5.41, 5.74) is 1.84. The van der Waals surface area contributed by atoms with E-state index in [1.165, 1.54) is 12.8 Å². The molecule has 0 aliphatic carbocycles. The molecule has 3 heterocycles. The standard InChI is InChI=1S/C22H27N5O2/c1-23-22(24-15-18-14-21(29-26-18)17-8-3-2-4-9-17)25-16-19(20-10-7-13-28-20)27-11-5-6-12-27/h2-4,7-10,13-14,19H,5-6,11-12,15-16H2,1H3,(H2,23,24,25). The van der Waals surface area contributed by atoms with Crippen molar-refractivity contribution in [1.29, 1.82) is 0 Å². The number of guanidine groups is 1. The van der Waals surface area contributed by atoms with Crippen LogP contribution in [0.4, 0.5) is 0 Å². The molecule has 2 aromatic heterocycles. The molecule has 4 rings (SSSR count). The van der Waals surface area contributed by atoms with Gasteiger partial charge >= 0.3 is 0 Å². The van der Waals surface area contributed by atoms with E-state index in [1.54, 1.807) is 13.3 Å². The molecule has 0 amide bonds. The molecular weight excluding hydrogens is 366 g/mol. The fourth-order valence-corrected chi connectivity index (χ4v) is 3.67. The number of furan rings is 1. The summed E-state index contributed by atoms with van der Waals surface area (Å²) in [5, 5.41) is 10.9. The lowest BCUT2D eigenvalue weighted by molar-refractivity contribution is 0.215.